The number of carbonyl (C=O) groups is 2. The van der Waals surface area contributed by atoms with Crippen LogP contribution in [0.2, 0.25) is 0 Å². The summed E-state index contributed by atoms with van der Waals surface area (Å²) in [5, 5.41) is 0. The summed E-state index contributed by atoms with van der Waals surface area (Å²) >= 11 is 0. The van der Waals surface area contributed by atoms with Crippen molar-refractivity contribution in [3.63, 3.8) is 0 Å². The minimum Gasteiger partial charge on any atom is -0.461 e. The first-order chi connectivity index (χ1) is 13.5. The van der Waals surface area contributed by atoms with Crippen molar-refractivity contribution in [3.8, 4) is 0 Å². The highest BCUT2D eigenvalue weighted by molar-refractivity contribution is 5.88. The normalized spacial score (nSPS) is 16.8. The number of fused-ring (bicyclic) bond motifs is 1. The van der Waals surface area contributed by atoms with Crippen molar-refractivity contribution in [1.29, 1.82) is 0 Å². The fourth-order valence-corrected chi connectivity index (χ4v) is 3.56. The molecular formula is C21H30N4O4. The van der Waals surface area contributed by atoms with E-state index in [0.29, 0.717) is 31.9 Å². The Hall–Kier alpha value is -2.77. The summed E-state index contributed by atoms with van der Waals surface area (Å²) in [6, 6.07) is 5.76. The molecule has 3 heterocycles. The highest BCUT2D eigenvalue weighted by atomic mass is 16.6. The molecule has 0 saturated carbocycles. The lowest BCUT2D eigenvalue weighted by Crippen LogP contribution is -2.62. The van der Waals surface area contributed by atoms with E-state index in [4.69, 9.17) is 9.47 Å². The molecule has 0 aliphatic carbocycles. The van der Waals surface area contributed by atoms with Gasteiger partial charge >= 0.3 is 12.1 Å². The van der Waals surface area contributed by atoms with E-state index in [0.717, 1.165) is 5.82 Å². The minimum atomic E-state index is -0.532. The van der Waals surface area contributed by atoms with Crippen LogP contribution in [-0.2, 0) is 9.47 Å². The highest BCUT2D eigenvalue weighted by Gasteiger charge is 2.39. The molecule has 3 rings (SSSR count). The van der Waals surface area contributed by atoms with Gasteiger partial charge in [0.05, 0.1) is 12.1 Å². The summed E-state index contributed by atoms with van der Waals surface area (Å²) in [6.07, 6.45) is 1.41. The first-order valence-electron chi connectivity index (χ1n) is 9.92. The number of hydrogen-bond acceptors (Lipinski definition) is 6. The van der Waals surface area contributed by atoms with E-state index in [2.05, 4.69) is 9.88 Å². The average Bonchev–Trinajstić information content (AvgIpc) is 3.03. The van der Waals surface area contributed by atoms with Gasteiger partial charge in [-0.2, -0.15) is 0 Å². The van der Waals surface area contributed by atoms with Gasteiger partial charge in [0, 0.05) is 25.8 Å². The van der Waals surface area contributed by atoms with E-state index in [1.54, 1.807) is 18.0 Å². The van der Waals surface area contributed by atoms with Gasteiger partial charge in [0.25, 0.3) is 0 Å². The predicted octanol–water partition coefficient (Wildman–Crippen LogP) is 3.35. The second-order valence-corrected chi connectivity index (χ2v) is 8.82. The molecule has 158 valence electrons. The van der Waals surface area contributed by atoms with Crippen molar-refractivity contribution < 1.29 is 19.1 Å². The zero-order valence-corrected chi connectivity index (χ0v) is 18.1. The molecular weight excluding hydrogens is 372 g/mol. The topological polar surface area (TPSA) is 76.4 Å². The van der Waals surface area contributed by atoms with Crippen LogP contribution in [0.15, 0.2) is 24.4 Å². The van der Waals surface area contributed by atoms with Gasteiger partial charge in [-0.25, -0.2) is 14.6 Å². The maximum atomic E-state index is 12.6. The lowest BCUT2D eigenvalue weighted by atomic mass is 9.99. The van der Waals surface area contributed by atoms with E-state index in [1.165, 1.54) is 0 Å². The highest BCUT2D eigenvalue weighted by Crippen LogP contribution is 2.28. The summed E-state index contributed by atoms with van der Waals surface area (Å²) in [4.78, 5) is 33.1. The summed E-state index contributed by atoms with van der Waals surface area (Å²) in [5.74, 6) is 0.486. The molecule has 8 nitrogen and oxygen atoms in total. The molecule has 1 fully saturated rings. The Bertz CT molecular complexity index is 913. The molecule has 1 saturated heterocycles. The summed E-state index contributed by atoms with van der Waals surface area (Å²) in [6.45, 7) is 13.6. The number of amides is 1. The van der Waals surface area contributed by atoms with Crippen molar-refractivity contribution in [2.75, 3.05) is 31.1 Å². The molecule has 0 aromatic carbocycles. The molecule has 0 unspecified atom stereocenters. The number of piperazine rings is 1. The lowest BCUT2D eigenvalue weighted by Gasteiger charge is -2.47. The van der Waals surface area contributed by atoms with Crippen LogP contribution in [0.4, 0.5) is 10.6 Å². The molecule has 0 N–H and O–H groups in total. The van der Waals surface area contributed by atoms with Crippen molar-refractivity contribution in [3.05, 3.63) is 30.1 Å². The third kappa shape index (κ3) is 4.46. The van der Waals surface area contributed by atoms with Crippen LogP contribution in [0.5, 0.6) is 0 Å². The van der Waals surface area contributed by atoms with E-state index in [-0.39, 0.29) is 11.8 Å². The summed E-state index contributed by atoms with van der Waals surface area (Å²) in [7, 11) is 0. The maximum absolute atomic E-state index is 12.6. The number of nitrogens with zero attached hydrogens (tertiary/aromatic N) is 4. The Morgan fingerprint density at radius 1 is 1.21 bits per heavy atom. The van der Waals surface area contributed by atoms with Gasteiger partial charge in [-0.3, -0.25) is 9.30 Å². The number of imidazole rings is 1. The van der Waals surface area contributed by atoms with Crippen molar-refractivity contribution in [2.24, 2.45) is 0 Å². The zero-order chi connectivity index (χ0) is 21.4. The third-order valence-corrected chi connectivity index (χ3v) is 4.80. The largest absolute Gasteiger partial charge is 0.461 e. The van der Waals surface area contributed by atoms with E-state index >= 15 is 0 Å². The lowest BCUT2D eigenvalue weighted by molar-refractivity contribution is 0.000273. The standard InChI is InChI=1S/C21H30N4O4/c1-7-28-18(26)15-13-24-16(22-15)9-8-10-17(24)23-11-12-25(21(5,6)14-23)19(27)29-20(2,3)4/h8-10,13H,7,11-12,14H2,1-6H3. The zero-order valence-electron chi connectivity index (χ0n) is 18.1. The number of anilines is 1. The molecule has 29 heavy (non-hydrogen) atoms. The summed E-state index contributed by atoms with van der Waals surface area (Å²) < 4.78 is 12.5. The van der Waals surface area contributed by atoms with Gasteiger partial charge in [-0.1, -0.05) is 6.07 Å². The van der Waals surface area contributed by atoms with Crippen molar-refractivity contribution in [1.82, 2.24) is 14.3 Å². The fraction of sp³-hybridized carbons (Fsp3) is 0.571. The van der Waals surface area contributed by atoms with Crippen LogP contribution >= 0.6 is 0 Å². The molecule has 0 spiro atoms. The number of rotatable bonds is 3. The van der Waals surface area contributed by atoms with Gasteiger partial charge in [0.1, 0.15) is 17.1 Å². The Morgan fingerprint density at radius 3 is 2.55 bits per heavy atom. The molecule has 0 atom stereocenters. The van der Waals surface area contributed by atoms with E-state index in [9.17, 15) is 9.59 Å². The van der Waals surface area contributed by atoms with Crippen LogP contribution in [0.3, 0.4) is 0 Å². The molecule has 1 aliphatic heterocycles. The summed E-state index contributed by atoms with van der Waals surface area (Å²) in [5.41, 5.74) is 0.00707. The number of pyridine rings is 1. The van der Waals surface area contributed by atoms with Crippen LogP contribution in [0.1, 0.15) is 52.0 Å². The van der Waals surface area contributed by atoms with E-state index in [1.807, 2.05) is 57.2 Å². The van der Waals surface area contributed by atoms with Crippen molar-refractivity contribution >= 4 is 23.5 Å². The fourth-order valence-electron chi connectivity index (χ4n) is 3.56. The SMILES string of the molecule is CCOC(=O)c1cn2c(N3CCN(C(=O)OC(C)(C)C)C(C)(C)C3)cccc2n1. The van der Waals surface area contributed by atoms with Gasteiger partial charge < -0.3 is 14.4 Å². The van der Waals surface area contributed by atoms with Crippen LogP contribution in [0, 0.1) is 0 Å². The number of hydrogen-bond donors (Lipinski definition) is 0. The van der Waals surface area contributed by atoms with Crippen LogP contribution < -0.4 is 4.90 Å². The second kappa shape index (κ2) is 7.57. The first-order valence-corrected chi connectivity index (χ1v) is 9.92. The molecule has 2 aromatic heterocycles. The predicted molar refractivity (Wildman–Crippen MR) is 110 cm³/mol. The molecule has 1 aliphatic rings. The molecule has 0 radical (unpaired) electrons. The minimum absolute atomic E-state index is 0.283. The molecule has 8 heteroatoms. The Morgan fingerprint density at radius 2 is 1.93 bits per heavy atom. The maximum Gasteiger partial charge on any atom is 0.410 e. The van der Waals surface area contributed by atoms with E-state index < -0.39 is 17.1 Å². The van der Waals surface area contributed by atoms with Gasteiger partial charge in [0.15, 0.2) is 5.69 Å². The Labute approximate surface area is 171 Å². The monoisotopic (exact) mass is 402 g/mol. The van der Waals surface area contributed by atoms with Crippen LogP contribution in [0.25, 0.3) is 5.65 Å². The first kappa shape index (κ1) is 21.0. The molecule has 0 bridgehead atoms. The van der Waals surface area contributed by atoms with Crippen molar-refractivity contribution in [2.45, 2.75) is 52.7 Å². The quantitative estimate of drug-likeness (QED) is 0.733. The van der Waals surface area contributed by atoms with Crippen LogP contribution in [-0.4, -0.2) is 63.7 Å². The Balaban J connectivity index is 1.85. The number of esters is 1. The third-order valence-electron chi connectivity index (χ3n) is 4.80. The number of aromatic nitrogens is 2. The average molecular weight is 402 g/mol. The van der Waals surface area contributed by atoms with Gasteiger partial charge in [-0.05, 0) is 53.7 Å². The number of ether oxygens (including phenoxy) is 2. The molecule has 2 aromatic rings. The second-order valence-electron chi connectivity index (χ2n) is 8.82. The van der Waals surface area contributed by atoms with Gasteiger partial charge in [-0.15, -0.1) is 0 Å². The van der Waals surface area contributed by atoms with Gasteiger partial charge in [0.2, 0.25) is 0 Å². The number of carbonyl (C=O) groups excluding carboxylic acids is 2. The molecule has 1 amide bonds. The Kier molecular flexibility index (Phi) is 5.47. The smallest absolute Gasteiger partial charge is 0.410 e.